The number of hydrogen-bond donors (Lipinski definition) is 0. The third kappa shape index (κ3) is 3.87. The van der Waals surface area contributed by atoms with E-state index in [0.717, 1.165) is 40.5 Å². The van der Waals surface area contributed by atoms with Crippen LogP contribution in [0.2, 0.25) is 0 Å². The van der Waals surface area contributed by atoms with Gasteiger partial charge in [0, 0.05) is 48.2 Å². The van der Waals surface area contributed by atoms with Crippen molar-refractivity contribution in [3.8, 4) is 27.9 Å². The first-order chi connectivity index (χ1) is 20.2. The van der Waals surface area contributed by atoms with Gasteiger partial charge < -0.3 is 9.47 Å². The highest BCUT2D eigenvalue weighted by Crippen LogP contribution is 2.51. The summed E-state index contributed by atoms with van der Waals surface area (Å²) in [5.74, 6) is 0.898. The molecule has 4 nitrogen and oxygen atoms in total. The van der Waals surface area contributed by atoms with Gasteiger partial charge in [0.25, 0.3) is 0 Å². The second-order valence-electron chi connectivity index (χ2n) is 10.7. The van der Waals surface area contributed by atoms with E-state index in [1.807, 2.05) is 6.20 Å². The van der Waals surface area contributed by atoms with Crippen molar-refractivity contribution in [3.63, 3.8) is 0 Å². The topological polar surface area (TPSA) is 24.3 Å². The minimum absolute atomic E-state index is 0.892. The van der Waals surface area contributed by atoms with E-state index in [1.165, 1.54) is 33.2 Å². The molecule has 2 aliphatic rings. The number of para-hydroxylation sites is 2. The van der Waals surface area contributed by atoms with Crippen LogP contribution < -0.4 is 4.90 Å². The second-order valence-corrected chi connectivity index (χ2v) is 10.7. The number of allylic oxidation sites excluding steroid dienone is 2. The number of pyridine rings is 1. The Kier molecular flexibility index (Phi) is 5.39. The molecule has 0 unspecified atom stereocenters. The van der Waals surface area contributed by atoms with Crippen LogP contribution in [0, 0.1) is 0 Å². The van der Waals surface area contributed by atoms with Crippen LogP contribution in [0.1, 0.15) is 5.56 Å². The quantitative estimate of drug-likeness (QED) is 0.229. The van der Waals surface area contributed by atoms with Crippen molar-refractivity contribution < 1.29 is 0 Å². The first-order valence-corrected chi connectivity index (χ1v) is 14.0. The minimum atomic E-state index is 0.892. The molecule has 6 aromatic rings. The standard InChI is InChI=1S/C37H28N4/c1-39-20-16-26(17-21-39)27-15-19-38-37(24-27)41-34-14-8-7-13-32(34)30-11-5-6-12-31(30)33-23-28-18-22-40(35(28)25-36(33)41)29-9-3-2-4-10-29/h2-20,22-25H,21H2,1H3. The van der Waals surface area contributed by atoms with Crippen molar-refractivity contribution in [3.05, 3.63) is 146 Å². The zero-order chi connectivity index (χ0) is 27.3. The Morgan fingerprint density at radius 1 is 0.683 bits per heavy atom. The van der Waals surface area contributed by atoms with E-state index >= 15 is 0 Å². The molecule has 0 aliphatic carbocycles. The molecular formula is C37H28N4. The molecule has 2 aliphatic heterocycles. The van der Waals surface area contributed by atoms with Gasteiger partial charge in [-0.05, 0) is 83.1 Å². The summed E-state index contributed by atoms with van der Waals surface area (Å²) in [7, 11) is 2.09. The van der Waals surface area contributed by atoms with Crippen LogP contribution in [-0.4, -0.2) is 28.0 Å². The van der Waals surface area contributed by atoms with Crippen LogP contribution >= 0.6 is 0 Å². The molecular weight excluding hydrogens is 500 g/mol. The number of aromatic nitrogens is 2. The second kappa shape index (κ2) is 9.39. The molecule has 196 valence electrons. The minimum Gasteiger partial charge on any atom is -0.377 e. The lowest BCUT2D eigenvalue weighted by Gasteiger charge is -2.27. The van der Waals surface area contributed by atoms with Gasteiger partial charge in [0.15, 0.2) is 0 Å². The molecule has 0 N–H and O–H groups in total. The molecule has 0 fully saturated rings. The molecule has 0 saturated heterocycles. The lowest BCUT2D eigenvalue weighted by Crippen LogP contribution is -2.14. The highest BCUT2D eigenvalue weighted by Gasteiger charge is 2.27. The van der Waals surface area contributed by atoms with Gasteiger partial charge in [-0.15, -0.1) is 0 Å². The third-order valence-corrected chi connectivity index (χ3v) is 8.15. The summed E-state index contributed by atoms with van der Waals surface area (Å²) in [4.78, 5) is 9.50. The molecule has 0 amide bonds. The smallest absolute Gasteiger partial charge is 0.138 e. The van der Waals surface area contributed by atoms with Crippen molar-refractivity contribution in [1.29, 1.82) is 0 Å². The van der Waals surface area contributed by atoms with E-state index < -0.39 is 0 Å². The maximum atomic E-state index is 4.98. The molecule has 4 heteroatoms. The zero-order valence-electron chi connectivity index (χ0n) is 22.8. The lowest BCUT2D eigenvalue weighted by molar-refractivity contribution is 0.506. The predicted octanol–water partition coefficient (Wildman–Crippen LogP) is 8.99. The fourth-order valence-electron chi connectivity index (χ4n) is 6.12. The van der Waals surface area contributed by atoms with Gasteiger partial charge in [0.1, 0.15) is 5.82 Å². The molecule has 0 spiro atoms. The van der Waals surface area contributed by atoms with Crippen LogP contribution in [0.4, 0.5) is 17.2 Å². The SMILES string of the molecule is CN1C=CC(c2ccnc(N3c4ccccc4-c4ccccc4-c4cc5ccn(-c6ccccc6)c5cc43)c2)=CC1. The van der Waals surface area contributed by atoms with Crippen molar-refractivity contribution in [1.82, 2.24) is 14.5 Å². The third-order valence-electron chi connectivity index (χ3n) is 8.15. The molecule has 41 heavy (non-hydrogen) atoms. The highest BCUT2D eigenvalue weighted by atomic mass is 15.2. The molecule has 4 aromatic carbocycles. The molecule has 4 heterocycles. The van der Waals surface area contributed by atoms with Crippen molar-refractivity contribution in [2.24, 2.45) is 0 Å². The van der Waals surface area contributed by atoms with Crippen LogP contribution in [0.3, 0.4) is 0 Å². The van der Waals surface area contributed by atoms with E-state index in [-0.39, 0.29) is 0 Å². The number of fused-ring (bicyclic) bond motifs is 6. The summed E-state index contributed by atoms with van der Waals surface area (Å²) < 4.78 is 2.27. The summed E-state index contributed by atoms with van der Waals surface area (Å²) >= 11 is 0. The average molecular weight is 529 g/mol. The summed E-state index contributed by atoms with van der Waals surface area (Å²) in [6.07, 6.45) is 10.7. The highest BCUT2D eigenvalue weighted by molar-refractivity contribution is 6.06. The Labute approximate surface area is 239 Å². The van der Waals surface area contributed by atoms with E-state index in [4.69, 9.17) is 4.98 Å². The number of nitrogens with zero attached hydrogens (tertiary/aromatic N) is 4. The molecule has 0 bridgehead atoms. The first kappa shape index (κ1) is 23.5. The van der Waals surface area contributed by atoms with E-state index in [2.05, 4.69) is 155 Å². The maximum Gasteiger partial charge on any atom is 0.138 e. The van der Waals surface area contributed by atoms with Crippen LogP contribution in [-0.2, 0) is 0 Å². The summed E-state index contributed by atoms with van der Waals surface area (Å²) in [5.41, 5.74) is 11.8. The predicted molar refractivity (Wildman–Crippen MR) is 170 cm³/mol. The fraction of sp³-hybridized carbons (Fsp3) is 0.0541. The normalized spacial score (nSPS) is 13.8. The summed E-state index contributed by atoms with van der Waals surface area (Å²) in [5, 5.41) is 1.21. The van der Waals surface area contributed by atoms with Gasteiger partial charge in [0.05, 0.1) is 16.9 Å². The van der Waals surface area contributed by atoms with Gasteiger partial charge in [-0.1, -0.05) is 66.7 Å². The first-order valence-electron chi connectivity index (χ1n) is 14.0. The van der Waals surface area contributed by atoms with Gasteiger partial charge in [-0.2, -0.15) is 0 Å². The number of likely N-dealkylation sites (N-methyl/N-ethyl adjacent to an activating group) is 1. The van der Waals surface area contributed by atoms with Crippen LogP contribution in [0.15, 0.2) is 140 Å². The van der Waals surface area contributed by atoms with Crippen molar-refractivity contribution in [2.75, 3.05) is 18.5 Å². The van der Waals surface area contributed by atoms with Gasteiger partial charge >= 0.3 is 0 Å². The fourth-order valence-corrected chi connectivity index (χ4v) is 6.12. The molecule has 0 saturated carbocycles. The Bertz CT molecular complexity index is 2000. The van der Waals surface area contributed by atoms with Gasteiger partial charge in [-0.3, -0.25) is 4.90 Å². The number of rotatable bonds is 3. The summed E-state index contributed by atoms with van der Waals surface area (Å²) in [6.45, 7) is 0.892. The number of benzene rings is 4. The van der Waals surface area contributed by atoms with E-state index in [1.54, 1.807) is 0 Å². The van der Waals surface area contributed by atoms with Crippen LogP contribution in [0.5, 0.6) is 0 Å². The van der Waals surface area contributed by atoms with Crippen LogP contribution in [0.25, 0.3) is 44.4 Å². The molecule has 2 aromatic heterocycles. The summed E-state index contributed by atoms with van der Waals surface area (Å²) in [6, 6.07) is 39.2. The van der Waals surface area contributed by atoms with Crippen molar-refractivity contribution in [2.45, 2.75) is 0 Å². The number of hydrogen-bond acceptors (Lipinski definition) is 3. The molecule has 8 rings (SSSR count). The average Bonchev–Trinajstić information content (AvgIpc) is 3.40. The Balaban J connectivity index is 1.41. The Morgan fingerprint density at radius 2 is 1.44 bits per heavy atom. The van der Waals surface area contributed by atoms with E-state index in [9.17, 15) is 0 Å². The number of anilines is 3. The van der Waals surface area contributed by atoms with Gasteiger partial charge in [0.2, 0.25) is 0 Å². The largest absolute Gasteiger partial charge is 0.377 e. The van der Waals surface area contributed by atoms with E-state index in [0.29, 0.717) is 0 Å². The Morgan fingerprint density at radius 3 is 2.24 bits per heavy atom. The van der Waals surface area contributed by atoms with Crippen molar-refractivity contribution >= 4 is 33.7 Å². The Hall–Kier alpha value is -5.35. The lowest BCUT2D eigenvalue weighted by atomic mass is 9.94. The molecule has 0 radical (unpaired) electrons. The van der Waals surface area contributed by atoms with Gasteiger partial charge in [-0.25, -0.2) is 4.98 Å². The molecule has 0 atom stereocenters. The monoisotopic (exact) mass is 528 g/mol. The maximum absolute atomic E-state index is 4.98. The zero-order valence-corrected chi connectivity index (χ0v) is 22.8.